The number of hydrogen-bond donors (Lipinski definition) is 0. The first-order chi connectivity index (χ1) is 8.57. The number of ether oxygens (including phenoxy) is 1. The molecular weight excluding hydrogens is 236 g/mol. The van der Waals surface area contributed by atoms with E-state index in [-0.39, 0.29) is 11.2 Å². The predicted molar refractivity (Wildman–Crippen MR) is 66.7 cm³/mol. The summed E-state index contributed by atoms with van der Waals surface area (Å²) in [5.41, 5.74) is 0.128. The number of nitrogens with zero attached hydrogens (tertiary/aromatic N) is 4. The van der Waals surface area contributed by atoms with Crippen LogP contribution in [0, 0.1) is 0 Å². The molecule has 2 heterocycles. The molecule has 0 aliphatic carbocycles. The molecule has 7 heteroatoms. The SMILES string of the molecule is CCOCCn1cnc2c1c(=O)n(C)c(=O)n2C. The summed E-state index contributed by atoms with van der Waals surface area (Å²) in [5, 5.41) is 0. The number of aromatic nitrogens is 4. The zero-order chi connectivity index (χ0) is 13.3. The van der Waals surface area contributed by atoms with E-state index in [9.17, 15) is 9.59 Å². The molecule has 0 radical (unpaired) electrons. The molecule has 7 nitrogen and oxygen atoms in total. The highest BCUT2D eigenvalue weighted by Crippen LogP contribution is 2.04. The van der Waals surface area contributed by atoms with Crippen LogP contribution in [-0.4, -0.2) is 31.9 Å². The second kappa shape index (κ2) is 4.77. The van der Waals surface area contributed by atoms with Gasteiger partial charge in [-0.3, -0.25) is 13.9 Å². The largest absolute Gasteiger partial charge is 0.380 e. The summed E-state index contributed by atoms with van der Waals surface area (Å²) < 4.78 is 9.42. The smallest absolute Gasteiger partial charge is 0.332 e. The highest BCUT2D eigenvalue weighted by molar-refractivity contribution is 5.69. The Balaban J connectivity index is 2.59. The van der Waals surface area contributed by atoms with Crippen molar-refractivity contribution in [3.63, 3.8) is 0 Å². The summed E-state index contributed by atoms with van der Waals surface area (Å²) in [5.74, 6) is 0. The maximum Gasteiger partial charge on any atom is 0.332 e. The molecule has 0 atom stereocenters. The van der Waals surface area contributed by atoms with Crippen LogP contribution in [0.15, 0.2) is 15.9 Å². The third-order valence-electron chi connectivity index (χ3n) is 2.90. The van der Waals surface area contributed by atoms with Gasteiger partial charge in [0.2, 0.25) is 0 Å². The lowest BCUT2D eigenvalue weighted by Crippen LogP contribution is -2.37. The molecule has 0 fully saturated rings. The molecule has 2 aromatic rings. The maximum atomic E-state index is 12.1. The fraction of sp³-hybridized carbons (Fsp3) is 0.545. The Morgan fingerprint density at radius 1 is 1.28 bits per heavy atom. The van der Waals surface area contributed by atoms with Gasteiger partial charge in [0.25, 0.3) is 5.56 Å². The molecule has 98 valence electrons. The van der Waals surface area contributed by atoms with E-state index in [0.29, 0.717) is 30.9 Å². The molecule has 0 aliphatic rings. The van der Waals surface area contributed by atoms with Gasteiger partial charge in [-0.15, -0.1) is 0 Å². The Hall–Kier alpha value is -1.89. The van der Waals surface area contributed by atoms with Gasteiger partial charge in [-0.2, -0.15) is 0 Å². The number of aryl methyl sites for hydroxylation is 1. The Morgan fingerprint density at radius 3 is 2.67 bits per heavy atom. The first-order valence-corrected chi connectivity index (χ1v) is 5.76. The van der Waals surface area contributed by atoms with Crippen molar-refractivity contribution in [2.45, 2.75) is 13.5 Å². The van der Waals surface area contributed by atoms with Crippen LogP contribution in [0.1, 0.15) is 6.92 Å². The van der Waals surface area contributed by atoms with Crippen LogP contribution in [0.2, 0.25) is 0 Å². The summed E-state index contributed by atoms with van der Waals surface area (Å²) in [6, 6.07) is 0. The number of rotatable bonds is 4. The fourth-order valence-corrected chi connectivity index (χ4v) is 1.87. The van der Waals surface area contributed by atoms with Crippen LogP contribution in [0.5, 0.6) is 0 Å². The molecular formula is C11H16N4O3. The topological polar surface area (TPSA) is 71.1 Å². The van der Waals surface area contributed by atoms with E-state index >= 15 is 0 Å². The summed E-state index contributed by atoms with van der Waals surface area (Å²) in [6.07, 6.45) is 1.56. The number of hydrogen-bond acceptors (Lipinski definition) is 4. The molecule has 0 aliphatic heterocycles. The Kier molecular flexibility index (Phi) is 3.33. The molecule has 0 saturated carbocycles. The molecule has 18 heavy (non-hydrogen) atoms. The van der Waals surface area contributed by atoms with E-state index in [4.69, 9.17) is 4.74 Å². The molecule has 2 rings (SSSR count). The van der Waals surface area contributed by atoms with E-state index in [1.165, 1.54) is 11.6 Å². The van der Waals surface area contributed by atoms with Crippen LogP contribution < -0.4 is 11.2 Å². The standard InChI is InChI=1S/C11H16N4O3/c1-4-18-6-5-15-7-12-9-8(15)10(16)14(3)11(17)13(9)2/h7H,4-6H2,1-3H3. The van der Waals surface area contributed by atoms with Gasteiger partial charge in [-0.05, 0) is 6.92 Å². The lowest BCUT2D eigenvalue weighted by atomic mass is 10.5. The highest BCUT2D eigenvalue weighted by Gasteiger charge is 2.13. The van der Waals surface area contributed by atoms with Gasteiger partial charge in [-0.25, -0.2) is 9.78 Å². The van der Waals surface area contributed by atoms with E-state index in [2.05, 4.69) is 4.98 Å². The predicted octanol–water partition coefficient (Wildman–Crippen LogP) is -0.530. The molecule has 0 aromatic carbocycles. The van der Waals surface area contributed by atoms with Gasteiger partial charge >= 0.3 is 5.69 Å². The Morgan fingerprint density at radius 2 is 2.00 bits per heavy atom. The first-order valence-electron chi connectivity index (χ1n) is 5.76. The van der Waals surface area contributed by atoms with Crippen LogP contribution in [0.25, 0.3) is 11.2 Å². The van der Waals surface area contributed by atoms with Gasteiger partial charge in [-0.1, -0.05) is 0 Å². The molecule has 0 N–H and O–H groups in total. The molecule has 0 saturated heterocycles. The van der Waals surface area contributed by atoms with Crippen molar-refractivity contribution < 1.29 is 4.74 Å². The molecule has 2 aromatic heterocycles. The highest BCUT2D eigenvalue weighted by atomic mass is 16.5. The van der Waals surface area contributed by atoms with E-state index in [1.807, 2.05) is 6.92 Å². The fourth-order valence-electron chi connectivity index (χ4n) is 1.87. The van der Waals surface area contributed by atoms with Crippen molar-refractivity contribution in [3.05, 3.63) is 27.2 Å². The minimum atomic E-state index is -0.373. The van der Waals surface area contributed by atoms with Crippen molar-refractivity contribution in [2.75, 3.05) is 13.2 Å². The summed E-state index contributed by atoms with van der Waals surface area (Å²) in [7, 11) is 3.06. The van der Waals surface area contributed by atoms with Crippen molar-refractivity contribution in [2.24, 2.45) is 14.1 Å². The monoisotopic (exact) mass is 252 g/mol. The Labute approximate surface area is 103 Å². The summed E-state index contributed by atoms with van der Waals surface area (Å²) in [4.78, 5) is 27.9. The minimum Gasteiger partial charge on any atom is -0.380 e. The zero-order valence-electron chi connectivity index (χ0n) is 10.7. The second-order valence-corrected chi connectivity index (χ2v) is 4.01. The number of fused-ring (bicyclic) bond motifs is 1. The van der Waals surface area contributed by atoms with Crippen molar-refractivity contribution in [1.29, 1.82) is 0 Å². The van der Waals surface area contributed by atoms with Crippen LogP contribution >= 0.6 is 0 Å². The lowest BCUT2D eigenvalue weighted by molar-refractivity contribution is 0.139. The van der Waals surface area contributed by atoms with E-state index in [1.54, 1.807) is 17.9 Å². The quantitative estimate of drug-likeness (QED) is 0.686. The zero-order valence-corrected chi connectivity index (χ0v) is 10.7. The minimum absolute atomic E-state index is 0.331. The van der Waals surface area contributed by atoms with Gasteiger partial charge in [0.15, 0.2) is 11.2 Å². The summed E-state index contributed by atoms with van der Waals surface area (Å²) in [6.45, 7) is 3.59. The molecule has 0 unspecified atom stereocenters. The van der Waals surface area contributed by atoms with Crippen molar-refractivity contribution >= 4 is 11.2 Å². The third kappa shape index (κ3) is 1.86. The van der Waals surface area contributed by atoms with Gasteiger partial charge in [0.05, 0.1) is 12.9 Å². The van der Waals surface area contributed by atoms with Crippen LogP contribution in [-0.2, 0) is 25.4 Å². The van der Waals surface area contributed by atoms with Gasteiger partial charge in [0, 0.05) is 27.2 Å². The van der Waals surface area contributed by atoms with Crippen LogP contribution in [0.4, 0.5) is 0 Å². The maximum absolute atomic E-state index is 12.1. The first kappa shape index (κ1) is 12.6. The van der Waals surface area contributed by atoms with Crippen LogP contribution in [0.3, 0.4) is 0 Å². The van der Waals surface area contributed by atoms with E-state index < -0.39 is 0 Å². The average molecular weight is 252 g/mol. The van der Waals surface area contributed by atoms with Crippen molar-refractivity contribution in [3.8, 4) is 0 Å². The van der Waals surface area contributed by atoms with Gasteiger partial charge in [0.1, 0.15) is 0 Å². The molecule has 0 amide bonds. The normalized spacial score (nSPS) is 11.3. The summed E-state index contributed by atoms with van der Waals surface area (Å²) >= 11 is 0. The number of imidazole rings is 1. The second-order valence-electron chi connectivity index (χ2n) is 4.01. The average Bonchev–Trinajstić information content (AvgIpc) is 2.78. The molecule has 0 bridgehead atoms. The van der Waals surface area contributed by atoms with E-state index in [0.717, 1.165) is 4.57 Å². The van der Waals surface area contributed by atoms with Gasteiger partial charge < -0.3 is 9.30 Å². The van der Waals surface area contributed by atoms with Crippen molar-refractivity contribution in [1.82, 2.24) is 18.7 Å². The third-order valence-corrected chi connectivity index (χ3v) is 2.90. The lowest BCUT2D eigenvalue weighted by Gasteiger charge is -2.06. The molecule has 0 spiro atoms. The Bertz CT molecular complexity index is 680.